The summed E-state index contributed by atoms with van der Waals surface area (Å²) in [6.07, 6.45) is 0.846. The summed E-state index contributed by atoms with van der Waals surface area (Å²) in [6.45, 7) is 6.00. The van der Waals surface area contributed by atoms with Crippen molar-refractivity contribution < 1.29 is 22.7 Å². The third kappa shape index (κ3) is 4.82. The lowest BCUT2D eigenvalue weighted by Gasteiger charge is -2.31. The molecule has 0 spiro atoms. The third-order valence-electron chi connectivity index (χ3n) is 4.48. The second kappa shape index (κ2) is 8.64. The van der Waals surface area contributed by atoms with Gasteiger partial charge in [0.1, 0.15) is 6.04 Å². The van der Waals surface area contributed by atoms with Crippen LogP contribution in [0.15, 0.2) is 29.2 Å². The van der Waals surface area contributed by atoms with Gasteiger partial charge in [-0.05, 0) is 45.7 Å². The predicted molar refractivity (Wildman–Crippen MR) is 96.9 cm³/mol. The van der Waals surface area contributed by atoms with Gasteiger partial charge < -0.3 is 10.1 Å². The van der Waals surface area contributed by atoms with Gasteiger partial charge in [-0.3, -0.25) is 4.79 Å². The summed E-state index contributed by atoms with van der Waals surface area (Å²) in [5.74, 6) is -1.02. The Kier molecular flexibility index (Phi) is 6.77. The number of carbonyl (C=O) groups is 2. The van der Waals surface area contributed by atoms with Crippen molar-refractivity contribution >= 4 is 21.9 Å². The number of hydrogen-bond acceptors (Lipinski definition) is 5. The smallest absolute Gasteiger partial charge is 0.328 e. The number of benzene rings is 1. The molecule has 7 nitrogen and oxygen atoms in total. The molecule has 1 amide bonds. The van der Waals surface area contributed by atoms with Crippen LogP contribution >= 0.6 is 0 Å². The van der Waals surface area contributed by atoms with Gasteiger partial charge in [0.15, 0.2) is 0 Å². The van der Waals surface area contributed by atoms with Crippen molar-refractivity contribution in [1.29, 1.82) is 0 Å². The van der Waals surface area contributed by atoms with E-state index < -0.39 is 22.0 Å². The van der Waals surface area contributed by atoms with Crippen LogP contribution in [0.5, 0.6) is 0 Å². The topological polar surface area (TPSA) is 92.8 Å². The Morgan fingerprint density at radius 1 is 1.23 bits per heavy atom. The molecular formula is C18H26N2O5S. The molecule has 144 valence electrons. The lowest BCUT2D eigenvalue weighted by atomic mass is 9.97. The Labute approximate surface area is 154 Å². The lowest BCUT2D eigenvalue weighted by molar-refractivity contribution is -0.147. The first kappa shape index (κ1) is 20.4. The summed E-state index contributed by atoms with van der Waals surface area (Å²) in [6, 6.07) is 6.03. The number of sulfonamides is 1. The number of esters is 1. The quantitative estimate of drug-likeness (QED) is 0.752. The van der Waals surface area contributed by atoms with Gasteiger partial charge in [-0.25, -0.2) is 13.2 Å². The summed E-state index contributed by atoms with van der Waals surface area (Å²) in [7, 11) is -3.54. The molecule has 1 aliphatic heterocycles. The van der Waals surface area contributed by atoms with Crippen LogP contribution in [0.1, 0.15) is 32.3 Å². The van der Waals surface area contributed by atoms with E-state index in [4.69, 9.17) is 4.74 Å². The van der Waals surface area contributed by atoms with E-state index in [2.05, 4.69) is 5.32 Å². The maximum atomic E-state index is 12.7. The first-order valence-electron chi connectivity index (χ1n) is 8.79. The van der Waals surface area contributed by atoms with Crippen LogP contribution in [0.2, 0.25) is 0 Å². The Bertz CT molecular complexity index is 737. The van der Waals surface area contributed by atoms with Gasteiger partial charge in [0, 0.05) is 19.0 Å². The zero-order valence-corrected chi connectivity index (χ0v) is 16.2. The molecule has 0 aliphatic carbocycles. The van der Waals surface area contributed by atoms with Crippen molar-refractivity contribution in [3.8, 4) is 0 Å². The number of hydrogen-bond donors (Lipinski definition) is 1. The van der Waals surface area contributed by atoms with Crippen LogP contribution < -0.4 is 5.32 Å². The molecule has 0 radical (unpaired) electrons. The molecule has 0 aromatic heterocycles. The van der Waals surface area contributed by atoms with Gasteiger partial charge in [-0.15, -0.1) is 0 Å². The van der Waals surface area contributed by atoms with E-state index in [0.717, 1.165) is 5.56 Å². The maximum Gasteiger partial charge on any atom is 0.328 e. The standard InChI is InChI=1S/C18H26N2O5S/c1-4-25-18(22)14(3)19-17(21)15-9-11-20(12-10-15)26(23,24)16-7-5-13(2)6-8-16/h5-8,14-15H,4,9-12H2,1-3H3,(H,19,21). The molecule has 1 aliphatic rings. The highest BCUT2D eigenvalue weighted by atomic mass is 32.2. The first-order chi connectivity index (χ1) is 12.3. The monoisotopic (exact) mass is 382 g/mol. The number of nitrogens with one attached hydrogen (secondary N) is 1. The number of ether oxygens (including phenoxy) is 1. The van der Waals surface area contributed by atoms with Crippen LogP contribution in [0.3, 0.4) is 0 Å². The average molecular weight is 382 g/mol. The second-order valence-corrected chi connectivity index (χ2v) is 8.41. The van der Waals surface area contributed by atoms with Gasteiger partial charge >= 0.3 is 5.97 Å². The number of nitrogens with zero attached hydrogens (tertiary/aromatic N) is 1. The van der Waals surface area contributed by atoms with Crippen LogP contribution in [0.25, 0.3) is 0 Å². The summed E-state index contributed by atoms with van der Waals surface area (Å²) < 4.78 is 31.6. The molecular weight excluding hydrogens is 356 g/mol. The molecule has 1 fully saturated rings. The highest BCUT2D eigenvalue weighted by Crippen LogP contribution is 2.24. The van der Waals surface area contributed by atoms with Crippen molar-refractivity contribution in [1.82, 2.24) is 9.62 Å². The minimum absolute atomic E-state index is 0.238. The van der Waals surface area contributed by atoms with Crippen molar-refractivity contribution in [2.45, 2.75) is 44.6 Å². The van der Waals surface area contributed by atoms with E-state index in [1.807, 2.05) is 6.92 Å². The van der Waals surface area contributed by atoms with Gasteiger partial charge in [0.2, 0.25) is 15.9 Å². The molecule has 1 unspecified atom stereocenters. The van der Waals surface area contributed by atoms with Crippen molar-refractivity contribution in [2.24, 2.45) is 5.92 Å². The number of carbonyl (C=O) groups excluding carboxylic acids is 2. The Hall–Kier alpha value is -1.93. The fourth-order valence-electron chi connectivity index (χ4n) is 2.88. The van der Waals surface area contributed by atoms with Gasteiger partial charge in [-0.1, -0.05) is 17.7 Å². The van der Waals surface area contributed by atoms with E-state index in [9.17, 15) is 18.0 Å². The molecule has 26 heavy (non-hydrogen) atoms. The fraction of sp³-hybridized carbons (Fsp3) is 0.556. The summed E-state index contributed by atoms with van der Waals surface area (Å²) >= 11 is 0. The SMILES string of the molecule is CCOC(=O)C(C)NC(=O)C1CCN(S(=O)(=O)c2ccc(C)cc2)CC1. The zero-order chi connectivity index (χ0) is 19.3. The summed E-state index contributed by atoms with van der Waals surface area (Å²) in [5.41, 5.74) is 0.995. The minimum atomic E-state index is -3.54. The Balaban J connectivity index is 1.93. The molecule has 1 atom stereocenters. The Morgan fingerprint density at radius 3 is 2.35 bits per heavy atom. The summed E-state index contributed by atoms with van der Waals surface area (Å²) in [5, 5.41) is 2.64. The number of piperidine rings is 1. The van der Waals surface area contributed by atoms with E-state index in [1.165, 1.54) is 4.31 Å². The minimum Gasteiger partial charge on any atom is -0.464 e. The normalized spacial score (nSPS) is 17.5. The molecule has 0 bridgehead atoms. The van der Waals surface area contributed by atoms with E-state index in [0.29, 0.717) is 12.8 Å². The van der Waals surface area contributed by atoms with Crippen molar-refractivity contribution in [3.05, 3.63) is 29.8 Å². The molecule has 8 heteroatoms. The number of amides is 1. The van der Waals surface area contributed by atoms with Crippen molar-refractivity contribution in [2.75, 3.05) is 19.7 Å². The zero-order valence-electron chi connectivity index (χ0n) is 15.4. The predicted octanol–water partition coefficient (Wildman–Crippen LogP) is 1.46. The van der Waals surface area contributed by atoms with Crippen LogP contribution in [0.4, 0.5) is 0 Å². The number of rotatable bonds is 6. The van der Waals surface area contributed by atoms with Crippen molar-refractivity contribution in [3.63, 3.8) is 0 Å². The van der Waals surface area contributed by atoms with Gasteiger partial charge in [-0.2, -0.15) is 4.31 Å². The molecule has 1 saturated heterocycles. The largest absolute Gasteiger partial charge is 0.464 e. The highest BCUT2D eigenvalue weighted by Gasteiger charge is 2.33. The van der Waals surface area contributed by atoms with Crippen LogP contribution in [-0.2, 0) is 24.3 Å². The maximum absolute atomic E-state index is 12.7. The molecule has 1 heterocycles. The van der Waals surface area contributed by atoms with Crippen LogP contribution in [0, 0.1) is 12.8 Å². The summed E-state index contributed by atoms with van der Waals surface area (Å²) in [4.78, 5) is 24.2. The molecule has 1 N–H and O–H groups in total. The van der Waals surface area contributed by atoms with E-state index in [1.54, 1.807) is 38.1 Å². The fourth-order valence-corrected chi connectivity index (χ4v) is 4.34. The molecule has 1 aromatic rings. The third-order valence-corrected chi connectivity index (χ3v) is 6.40. The highest BCUT2D eigenvalue weighted by molar-refractivity contribution is 7.89. The number of aryl methyl sites for hydroxylation is 1. The van der Waals surface area contributed by atoms with Gasteiger partial charge in [0.05, 0.1) is 11.5 Å². The molecule has 0 saturated carbocycles. The first-order valence-corrected chi connectivity index (χ1v) is 10.2. The molecule has 1 aromatic carbocycles. The second-order valence-electron chi connectivity index (χ2n) is 6.47. The van der Waals surface area contributed by atoms with Crippen LogP contribution in [-0.4, -0.2) is 50.3 Å². The van der Waals surface area contributed by atoms with E-state index in [-0.39, 0.29) is 36.4 Å². The average Bonchev–Trinajstić information content (AvgIpc) is 2.62. The lowest BCUT2D eigenvalue weighted by Crippen LogP contribution is -2.46. The van der Waals surface area contributed by atoms with E-state index >= 15 is 0 Å². The molecule has 2 rings (SSSR count). The Morgan fingerprint density at radius 2 is 1.81 bits per heavy atom. The van der Waals surface area contributed by atoms with Gasteiger partial charge in [0.25, 0.3) is 0 Å².